The van der Waals surface area contributed by atoms with Gasteiger partial charge in [0.15, 0.2) is 35.4 Å². The monoisotopic (exact) mass is 690 g/mol. The van der Waals surface area contributed by atoms with Crippen molar-refractivity contribution in [2.75, 3.05) is 24.7 Å². The molecule has 20 nitrogen and oxygen atoms in total. The van der Waals surface area contributed by atoms with Crippen molar-refractivity contribution in [3.05, 3.63) is 25.3 Å². The van der Waals surface area contributed by atoms with E-state index in [2.05, 4.69) is 29.9 Å². The number of rotatable bonds is 2. The lowest BCUT2D eigenvalue weighted by Gasteiger charge is -2.30. The number of aliphatic hydroxyl groups is 2. The van der Waals surface area contributed by atoms with Crippen LogP contribution in [0.5, 0.6) is 0 Å². The first kappa shape index (κ1) is 30.3. The summed E-state index contributed by atoms with van der Waals surface area (Å²) < 4.78 is 37.4. The Morgan fingerprint density at radius 2 is 1.11 bits per heavy atom. The van der Waals surface area contributed by atoms with Gasteiger partial charge in [-0.05, 0) is 23.6 Å². The molecule has 7 heterocycles. The molecule has 44 heavy (non-hydrogen) atoms. The van der Waals surface area contributed by atoms with Crippen LogP contribution in [0.4, 0.5) is 11.6 Å². The van der Waals surface area contributed by atoms with Gasteiger partial charge in [-0.2, -0.15) is 0 Å². The Labute approximate surface area is 256 Å². The van der Waals surface area contributed by atoms with Crippen LogP contribution >= 0.6 is 13.4 Å². The number of hydrogen-bond donors (Lipinski definition) is 6. The van der Waals surface area contributed by atoms with E-state index in [1.54, 1.807) is 0 Å². The van der Waals surface area contributed by atoms with Gasteiger partial charge in [-0.25, -0.2) is 29.9 Å². The minimum atomic E-state index is -4.12. The Hall–Kier alpha value is -2.40. The van der Waals surface area contributed by atoms with Crippen LogP contribution in [0.3, 0.4) is 0 Å². The van der Waals surface area contributed by atoms with E-state index in [1.165, 1.54) is 34.4 Å². The number of anilines is 2. The minimum absolute atomic E-state index is 0.112. The molecule has 236 valence electrons. The number of aliphatic hydroxyl groups excluding tert-OH is 2. The lowest BCUT2D eigenvalue weighted by Crippen LogP contribution is -2.39. The Morgan fingerprint density at radius 1 is 0.705 bits per heavy atom. The molecular formula is C20H24N10O10P2S2. The van der Waals surface area contributed by atoms with Gasteiger partial charge in [0.25, 0.3) is 0 Å². The normalized spacial score (nSPS) is 38.3. The van der Waals surface area contributed by atoms with Crippen molar-refractivity contribution in [3.63, 3.8) is 0 Å². The molecule has 5 unspecified atom stereocenters. The standard InChI is InChI=1S/C20H24N10O10P2S2/c21-15-9-17(25-3-23-15)29(5-27-9)19-11(31)13-7(37-19)1-35-41(33,43)40-14-8(2-36-42(34,44)39-13)38-20(12(14)32)30-6-28-10-16(22)24-4-26-18(10)30/h3-8,11-14,19-20,31-32H,1-2H2,(H,33,43)(H,34,44)(H2,21,23,25)(H2,22,24,26)/t7-,8-,11+,12?,13?,14?,19-,20-,41?,42?/m1/s1. The Bertz CT molecular complexity index is 1700. The number of fused-ring (bicyclic) bond motifs is 4. The van der Waals surface area contributed by atoms with Crippen LogP contribution in [0.2, 0.25) is 0 Å². The molecule has 7 rings (SSSR count). The summed E-state index contributed by atoms with van der Waals surface area (Å²) in [6, 6.07) is 0. The third-order valence-corrected chi connectivity index (χ3v) is 10.4. The Morgan fingerprint density at radius 3 is 1.52 bits per heavy atom. The topological polar surface area (TPSA) is 276 Å². The summed E-state index contributed by atoms with van der Waals surface area (Å²) in [6.45, 7) is -9.20. The van der Waals surface area contributed by atoms with E-state index in [0.29, 0.717) is 0 Å². The molecule has 3 saturated heterocycles. The van der Waals surface area contributed by atoms with Gasteiger partial charge < -0.3 is 50.0 Å². The molecule has 0 amide bonds. The summed E-state index contributed by atoms with van der Waals surface area (Å²) in [5.74, 6) is 0.223. The average molecular weight is 691 g/mol. The molecule has 0 spiro atoms. The largest absolute Gasteiger partial charge is 0.386 e. The van der Waals surface area contributed by atoms with Gasteiger partial charge in [-0.1, -0.05) is 0 Å². The van der Waals surface area contributed by atoms with E-state index < -0.39 is 75.7 Å². The van der Waals surface area contributed by atoms with Crippen LogP contribution in [0.1, 0.15) is 12.5 Å². The summed E-state index contributed by atoms with van der Waals surface area (Å²) in [6.07, 6.45) is -5.13. The quantitative estimate of drug-likeness (QED) is 0.132. The number of hydrogen-bond acceptors (Lipinski definition) is 18. The van der Waals surface area contributed by atoms with E-state index in [1.807, 2.05) is 0 Å². The zero-order chi connectivity index (χ0) is 31.0. The number of nitrogens with two attached hydrogens (primary N) is 2. The van der Waals surface area contributed by atoms with E-state index in [9.17, 15) is 20.0 Å². The maximum atomic E-state index is 11.3. The predicted octanol–water partition coefficient (Wildman–Crippen LogP) is -1.40. The second kappa shape index (κ2) is 11.1. The molecule has 0 radical (unpaired) electrons. The molecule has 3 aliphatic heterocycles. The Kier molecular flexibility index (Phi) is 7.66. The molecule has 3 fully saturated rings. The minimum Gasteiger partial charge on any atom is -0.386 e. The van der Waals surface area contributed by atoms with Crippen molar-refractivity contribution in [1.29, 1.82) is 0 Å². The Balaban J connectivity index is 1.17. The molecule has 0 saturated carbocycles. The number of nitrogens with zero attached hydrogens (tertiary/aromatic N) is 8. The molecule has 10 atom stereocenters. The maximum absolute atomic E-state index is 11.3. The van der Waals surface area contributed by atoms with E-state index >= 15 is 0 Å². The van der Waals surface area contributed by atoms with Crippen molar-refractivity contribution in [2.45, 2.75) is 49.1 Å². The molecule has 4 aromatic rings. The van der Waals surface area contributed by atoms with Crippen molar-refractivity contribution >= 4 is 71.0 Å². The van der Waals surface area contributed by atoms with Gasteiger partial charge in [-0.3, -0.25) is 18.2 Å². The fourth-order valence-corrected chi connectivity index (χ4v) is 8.13. The van der Waals surface area contributed by atoms with Gasteiger partial charge in [0.1, 0.15) is 60.3 Å². The summed E-state index contributed by atoms with van der Waals surface area (Å²) >= 11 is 10.5. The third kappa shape index (κ3) is 5.29. The van der Waals surface area contributed by atoms with E-state index in [4.69, 9.17) is 62.6 Å². The van der Waals surface area contributed by atoms with Crippen molar-refractivity contribution < 1.29 is 47.6 Å². The summed E-state index contributed by atoms with van der Waals surface area (Å²) in [5, 5.41) is 22.5. The van der Waals surface area contributed by atoms with Crippen LogP contribution in [-0.4, -0.2) is 109 Å². The SMILES string of the molecule is Nc1ncnc2c1ncn2[C@@H]1O[C@@H]2COP(O)(=S)OC3[C@@H](COP(O)(=S)OC2C1O)O[C@@H](n1cnc2c(N)ncnc21)[C@H]3O. The van der Waals surface area contributed by atoms with Gasteiger partial charge in [0, 0.05) is 0 Å². The fourth-order valence-electron chi connectivity index (χ4n) is 5.24. The molecule has 24 heteroatoms. The highest BCUT2D eigenvalue weighted by molar-refractivity contribution is 8.07. The summed E-state index contributed by atoms with van der Waals surface area (Å²) in [7, 11) is 0. The number of imidazole rings is 2. The summed E-state index contributed by atoms with van der Waals surface area (Å²) in [4.78, 5) is 46.5. The first-order valence-electron chi connectivity index (χ1n) is 12.8. The van der Waals surface area contributed by atoms with Gasteiger partial charge in [0.05, 0.1) is 25.9 Å². The van der Waals surface area contributed by atoms with Crippen molar-refractivity contribution in [2.24, 2.45) is 0 Å². The number of aromatic nitrogens is 8. The molecule has 4 aromatic heterocycles. The van der Waals surface area contributed by atoms with Crippen molar-refractivity contribution in [3.8, 4) is 0 Å². The molecule has 0 bridgehead atoms. The highest BCUT2D eigenvalue weighted by Gasteiger charge is 2.52. The molecular weight excluding hydrogens is 666 g/mol. The summed E-state index contributed by atoms with van der Waals surface area (Å²) in [5.41, 5.74) is 12.8. The molecule has 8 N–H and O–H groups in total. The first-order chi connectivity index (χ1) is 20.9. The van der Waals surface area contributed by atoms with Gasteiger partial charge in [-0.15, -0.1) is 0 Å². The second-order valence-electron chi connectivity index (χ2n) is 9.95. The zero-order valence-corrected chi connectivity index (χ0v) is 25.4. The molecule has 0 aromatic carbocycles. The van der Waals surface area contributed by atoms with Gasteiger partial charge >= 0.3 is 13.4 Å². The average Bonchev–Trinajstić information content (AvgIpc) is 3.73. The first-order valence-corrected chi connectivity index (χ1v) is 17.9. The maximum Gasteiger partial charge on any atom is 0.325 e. The lowest BCUT2D eigenvalue weighted by molar-refractivity contribution is -0.0593. The second-order valence-corrected chi connectivity index (χ2v) is 15.5. The number of nitrogen functional groups attached to an aromatic ring is 2. The fraction of sp³-hybridized carbons (Fsp3) is 0.500. The van der Waals surface area contributed by atoms with E-state index in [0.717, 1.165) is 0 Å². The predicted molar refractivity (Wildman–Crippen MR) is 154 cm³/mol. The van der Waals surface area contributed by atoms with E-state index in [-0.39, 0.29) is 34.0 Å². The lowest BCUT2D eigenvalue weighted by atomic mass is 10.1. The zero-order valence-electron chi connectivity index (χ0n) is 22.0. The smallest absolute Gasteiger partial charge is 0.325 e. The third-order valence-electron chi connectivity index (χ3n) is 7.26. The van der Waals surface area contributed by atoms with Crippen LogP contribution in [0.25, 0.3) is 22.3 Å². The van der Waals surface area contributed by atoms with Crippen LogP contribution in [0.15, 0.2) is 25.3 Å². The molecule has 3 aliphatic rings. The number of ether oxygens (including phenoxy) is 2. The van der Waals surface area contributed by atoms with Gasteiger partial charge in [0.2, 0.25) is 0 Å². The highest BCUT2D eigenvalue weighted by atomic mass is 32.5. The molecule has 0 aliphatic carbocycles. The van der Waals surface area contributed by atoms with Crippen LogP contribution in [-0.2, 0) is 51.2 Å². The van der Waals surface area contributed by atoms with Crippen molar-refractivity contribution in [1.82, 2.24) is 39.0 Å². The van der Waals surface area contributed by atoms with Crippen LogP contribution in [0, 0.1) is 0 Å². The highest BCUT2D eigenvalue weighted by Crippen LogP contribution is 2.54. The van der Waals surface area contributed by atoms with Crippen LogP contribution < -0.4 is 11.5 Å².